The van der Waals surface area contributed by atoms with Gasteiger partial charge in [0, 0.05) is 37.6 Å². The van der Waals surface area contributed by atoms with Crippen LogP contribution in [0.5, 0.6) is 17.2 Å². The first-order chi connectivity index (χ1) is 15.0. The lowest BCUT2D eigenvalue weighted by Crippen LogP contribution is -2.48. The van der Waals surface area contributed by atoms with Gasteiger partial charge in [0.05, 0.1) is 19.3 Å². The summed E-state index contributed by atoms with van der Waals surface area (Å²) in [6.45, 7) is 3.20. The average molecular weight is 423 g/mol. The molecule has 0 bridgehead atoms. The maximum atomic E-state index is 11.8. The number of amides is 2. The van der Waals surface area contributed by atoms with Crippen molar-refractivity contribution in [1.82, 2.24) is 20.0 Å². The fourth-order valence-electron chi connectivity index (χ4n) is 3.56. The number of ether oxygens (including phenoxy) is 2. The van der Waals surface area contributed by atoms with Gasteiger partial charge in [-0.2, -0.15) is 5.10 Å². The minimum Gasteiger partial charge on any atom is -0.494 e. The lowest BCUT2D eigenvalue weighted by atomic mass is 10.1. The number of hydrogen-bond donors (Lipinski definition) is 2. The molecular weight excluding hydrogens is 398 g/mol. The van der Waals surface area contributed by atoms with Crippen molar-refractivity contribution in [2.75, 3.05) is 32.8 Å². The molecule has 2 amide bonds. The van der Waals surface area contributed by atoms with Crippen molar-refractivity contribution < 1.29 is 19.1 Å². The number of benzene rings is 2. The van der Waals surface area contributed by atoms with E-state index in [9.17, 15) is 9.59 Å². The second-order valence-corrected chi connectivity index (χ2v) is 7.38. The summed E-state index contributed by atoms with van der Waals surface area (Å²) >= 11 is 0. The molecule has 1 aliphatic heterocycles. The summed E-state index contributed by atoms with van der Waals surface area (Å²) in [4.78, 5) is 25.3. The molecule has 9 heteroatoms. The van der Waals surface area contributed by atoms with Crippen molar-refractivity contribution in [2.45, 2.75) is 6.42 Å². The van der Waals surface area contributed by atoms with E-state index in [0.29, 0.717) is 36.8 Å². The van der Waals surface area contributed by atoms with Gasteiger partial charge in [0.15, 0.2) is 5.75 Å². The average Bonchev–Trinajstić information content (AvgIpc) is 3.14. The lowest BCUT2D eigenvalue weighted by Gasteiger charge is -2.27. The van der Waals surface area contributed by atoms with Crippen molar-refractivity contribution in [1.29, 1.82) is 0 Å². The molecule has 1 fully saturated rings. The summed E-state index contributed by atoms with van der Waals surface area (Å²) in [6, 6.07) is 10.6. The molecule has 31 heavy (non-hydrogen) atoms. The van der Waals surface area contributed by atoms with Gasteiger partial charge in [-0.15, -0.1) is 0 Å². The molecule has 1 aromatic heterocycles. The van der Waals surface area contributed by atoms with Gasteiger partial charge in [-0.25, -0.2) is 0 Å². The van der Waals surface area contributed by atoms with Crippen LogP contribution in [0.25, 0.3) is 10.9 Å². The molecule has 0 radical (unpaired) electrons. The maximum Gasteiger partial charge on any atom is 0.248 e. The van der Waals surface area contributed by atoms with Crippen LogP contribution in [-0.2, 0) is 11.8 Å². The van der Waals surface area contributed by atoms with E-state index in [2.05, 4.69) is 10.4 Å². The van der Waals surface area contributed by atoms with Gasteiger partial charge in [-0.1, -0.05) is 0 Å². The van der Waals surface area contributed by atoms with Crippen molar-refractivity contribution in [3.63, 3.8) is 0 Å². The number of carbonyl (C=O) groups excluding carboxylic acids is 2. The van der Waals surface area contributed by atoms with Crippen molar-refractivity contribution >= 4 is 22.7 Å². The summed E-state index contributed by atoms with van der Waals surface area (Å²) < 4.78 is 13.5. The highest BCUT2D eigenvalue weighted by atomic mass is 16.5. The Morgan fingerprint density at radius 3 is 2.74 bits per heavy atom. The number of rotatable bonds is 8. The highest BCUT2D eigenvalue weighted by Crippen LogP contribution is 2.32. The zero-order valence-corrected chi connectivity index (χ0v) is 17.3. The van der Waals surface area contributed by atoms with Gasteiger partial charge >= 0.3 is 0 Å². The maximum absolute atomic E-state index is 11.8. The first kappa shape index (κ1) is 20.7. The molecule has 9 nitrogen and oxygen atoms in total. The third-order valence-electron chi connectivity index (χ3n) is 5.16. The molecular formula is C22H25N5O4. The zero-order valence-electron chi connectivity index (χ0n) is 17.3. The van der Waals surface area contributed by atoms with E-state index in [1.165, 1.54) is 0 Å². The van der Waals surface area contributed by atoms with Gasteiger partial charge < -0.3 is 25.4 Å². The Morgan fingerprint density at radius 2 is 2.00 bits per heavy atom. The minimum absolute atomic E-state index is 0.135. The Labute approximate surface area is 179 Å². The van der Waals surface area contributed by atoms with E-state index in [4.69, 9.17) is 15.2 Å². The van der Waals surface area contributed by atoms with Crippen LogP contribution < -0.4 is 20.5 Å². The number of aromatic nitrogens is 2. The fourth-order valence-corrected chi connectivity index (χ4v) is 3.56. The molecule has 0 saturated carbocycles. The number of primary amides is 1. The molecule has 3 N–H and O–H groups in total. The monoisotopic (exact) mass is 423 g/mol. The van der Waals surface area contributed by atoms with Crippen molar-refractivity contribution in [3.05, 3.63) is 48.2 Å². The molecule has 2 heterocycles. The number of carbonyl (C=O) groups is 2. The molecule has 3 aromatic rings. The number of nitrogens with zero attached hydrogens (tertiary/aromatic N) is 3. The van der Waals surface area contributed by atoms with E-state index < -0.39 is 5.91 Å². The molecule has 1 saturated heterocycles. The van der Waals surface area contributed by atoms with Gasteiger partial charge in [0.2, 0.25) is 11.8 Å². The second-order valence-electron chi connectivity index (χ2n) is 7.38. The van der Waals surface area contributed by atoms with Crippen LogP contribution in [0.3, 0.4) is 0 Å². The van der Waals surface area contributed by atoms with Crippen LogP contribution in [-0.4, -0.2) is 59.3 Å². The molecule has 2 aromatic carbocycles. The quantitative estimate of drug-likeness (QED) is 0.533. The standard InChI is InChI=1S/C22H25N5O4/c1-26-21-16(13-25-26)11-15(22(23)29)12-19(21)31-18-5-3-17(4-6-18)30-10-2-8-27-9-7-24-14-20(27)28/h3-6,11-13,24H,2,7-10,14H2,1H3,(H2,23,29). The number of hydrogen-bond acceptors (Lipinski definition) is 6. The molecule has 0 aliphatic carbocycles. The summed E-state index contributed by atoms with van der Waals surface area (Å²) in [5.74, 6) is 1.43. The SMILES string of the molecule is Cn1ncc2cc(C(N)=O)cc(Oc3ccc(OCCCN4CCNCC4=O)cc3)c21. The van der Waals surface area contributed by atoms with Crippen LogP contribution in [0.1, 0.15) is 16.8 Å². The zero-order chi connectivity index (χ0) is 21.8. The van der Waals surface area contributed by atoms with E-state index in [1.807, 2.05) is 24.1 Å². The molecule has 1 aliphatic rings. The molecule has 4 rings (SSSR count). The minimum atomic E-state index is -0.526. The molecule has 0 unspecified atom stereocenters. The van der Waals surface area contributed by atoms with E-state index in [1.54, 1.807) is 35.1 Å². The van der Waals surface area contributed by atoms with Gasteiger partial charge in [-0.3, -0.25) is 14.3 Å². The molecule has 162 valence electrons. The predicted molar refractivity (Wildman–Crippen MR) is 115 cm³/mol. The topological polar surface area (TPSA) is 112 Å². The van der Waals surface area contributed by atoms with Crippen LogP contribution in [0.4, 0.5) is 0 Å². The Kier molecular flexibility index (Phi) is 6.03. The van der Waals surface area contributed by atoms with Gasteiger partial charge in [0.25, 0.3) is 0 Å². The summed E-state index contributed by atoms with van der Waals surface area (Å²) in [7, 11) is 1.81. The van der Waals surface area contributed by atoms with Crippen LogP contribution in [0.2, 0.25) is 0 Å². The van der Waals surface area contributed by atoms with Crippen molar-refractivity contribution in [2.24, 2.45) is 12.8 Å². The van der Waals surface area contributed by atoms with Gasteiger partial charge in [0.1, 0.15) is 17.0 Å². The number of fused-ring (bicyclic) bond motifs is 1. The number of aryl methyl sites for hydroxylation is 1. The Bertz CT molecular complexity index is 1090. The predicted octanol–water partition coefficient (Wildman–Crippen LogP) is 1.67. The Morgan fingerprint density at radius 1 is 1.23 bits per heavy atom. The Balaban J connectivity index is 1.37. The first-order valence-corrected chi connectivity index (χ1v) is 10.2. The smallest absolute Gasteiger partial charge is 0.248 e. The number of piperazine rings is 1. The number of nitrogens with two attached hydrogens (primary N) is 1. The Hall–Kier alpha value is -3.59. The number of nitrogens with one attached hydrogen (secondary N) is 1. The third kappa shape index (κ3) is 4.77. The molecule has 0 spiro atoms. The van der Waals surface area contributed by atoms with Crippen LogP contribution >= 0.6 is 0 Å². The summed E-state index contributed by atoms with van der Waals surface area (Å²) in [5.41, 5.74) is 6.57. The third-order valence-corrected chi connectivity index (χ3v) is 5.16. The van der Waals surface area contributed by atoms with Gasteiger partial charge in [-0.05, 0) is 42.8 Å². The highest BCUT2D eigenvalue weighted by molar-refractivity contribution is 5.99. The summed E-state index contributed by atoms with van der Waals surface area (Å²) in [6.07, 6.45) is 2.43. The van der Waals surface area contributed by atoms with Crippen LogP contribution in [0.15, 0.2) is 42.6 Å². The van der Waals surface area contributed by atoms with E-state index in [-0.39, 0.29) is 5.91 Å². The second kappa shape index (κ2) is 9.05. The highest BCUT2D eigenvalue weighted by Gasteiger charge is 2.17. The van der Waals surface area contributed by atoms with Crippen LogP contribution in [0, 0.1) is 0 Å². The van der Waals surface area contributed by atoms with E-state index >= 15 is 0 Å². The normalized spacial score (nSPS) is 14.1. The fraction of sp³-hybridized carbons (Fsp3) is 0.318. The lowest BCUT2D eigenvalue weighted by molar-refractivity contribution is -0.132. The largest absolute Gasteiger partial charge is 0.494 e. The summed E-state index contributed by atoms with van der Waals surface area (Å²) in [5, 5.41) is 8.07. The first-order valence-electron chi connectivity index (χ1n) is 10.2. The van der Waals surface area contributed by atoms with E-state index in [0.717, 1.165) is 36.2 Å². The molecule has 0 atom stereocenters. The van der Waals surface area contributed by atoms with Crippen molar-refractivity contribution in [3.8, 4) is 17.2 Å².